The number of rotatable bonds is 9. The highest BCUT2D eigenvalue weighted by molar-refractivity contribution is 5.76. The summed E-state index contributed by atoms with van der Waals surface area (Å²) in [6.45, 7) is 5.83. The molecule has 0 bridgehead atoms. The van der Waals surface area contributed by atoms with E-state index in [1.807, 2.05) is 17.0 Å². The molecule has 4 rings (SSSR count). The fraction of sp³-hybridized carbons (Fsp3) is 0.519. The van der Waals surface area contributed by atoms with Crippen molar-refractivity contribution in [1.29, 1.82) is 0 Å². The number of piperazine rings is 1. The van der Waals surface area contributed by atoms with Crippen LogP contribution in [0, 0.1) is 10.1 Å². The Hall–Kier alpha value is -3.53. The molecule has 2 aliphatic heterocycles. The van der Waals surface area contributed by atoms with Crippen molar-refractivity contribution in [2.45, 2.75) is 32.8 Å². The van der Waals surface area contributed by atoms with Gasteiger partial charge in [0.1, 0.15) is 17.6 Å². The number of nitro groups is 1. The lowest BCUT2D eigenvalue weighted by atomic mass is 10.1. The average Bonchev–Trinajstić information content (AvgIpc) is 2.92. The summed E-state index contributed by atoms with van der Waals surface area (Å²) in [4.78, 5) is 30.0. The Kier molecular flexibility index (Phi) is 9.96. The van der Waals surface area contributed by atoms with Crippen molar-refractivity contribution >= 4 is 17.3 Å². The molecule has 2 aliphatic rings. The molecule has 202 valence electrons. The highest BCUT2D eigenvalue weighted by Crippen LogP contribution is 2.32. The Morgan fingerprint density at radius 3 is 2.19 bits per heavy atom. The first-order valence-corrected chi connectivity index (χ1v) is 12.3. The first-order valence-electron chi connectivity index (χ1n) is 12.3. The van der Waals surface area contributed by atoms with Gasteiger partial charge in [-0.25, -0.2) is 0 Å². The van der Waals surface area contributed by atoms with Crippen molar-refractivity contribution in [3.05, 3.63) is 52.6 Å². The van der Waals surface area contributed by atoms with E-state index in [9.17, 15) is 14.9 Å². The van der Waals surface area contributed by atoms with Gasteiger partial charge in [0.2, 0.25) is 11.7 Å². The summed E-state index contributed by atoms with van der Waals surface area (Å²) in [6, 6.07) is 12.7. The van der Waals surface area contributed by atoms with Crippen molar-refractivity contribution in [2.24, 2.45) is 0 Å². The number of nitrogens with zero attached hydrogens (tertiary/aromatic N) is 4. The lowest BCUT2D eigenvalue weighted by Gasteiger charge is -2.37. The number of ether oxygens (including phenoxy) is 3. The molecular weight excluding hydrogens is 476 g/mol. The Bertz CT molecular complexity index is 1030. The van der Waals surface area contributed by atoms with Crippen LogP contribution in [0.4, 0.5) is 11.4 Å². The number of methoxy groups -OCH3 is 2. The fourth-order valence-electron chi connectivity index (χ4n) is 4.73. The first-order chi connectivity index (χ1) is 17.5. The van der Waals surface area contributed by atoms with Gasteiger partial charge < -0.3 is 24.0 Å². The summed E-state index contributed by atoms with van der Waals surface area (Å²) >= 11 is 0. The molecule has 0 N–H and O–H groups in total. The van der Waals surface area contributed by atoms with E-state index >= 15 is 0 Å². The average molecular weight is 515 g/mol. The summed E-state index contributed by atoms with van der Waals surface area (Å²) in [7, 11) is 3.07. The number of carbonyl (C=O) groups is 1. The predicted octanol–water partition coefficient (Wildman–Crippen LogP) is 3.83. The molecular formula is C27H38N4O6. The predicted molar refractivity (Wildman–Crippen MR) is 143 cm³/mol. The number of piperidine rings is 1. The molecule has 0 unspecified atom stereocenters. The SMILES string of the molecule is C.COc1ccc(N2CCN(CCC(=O)N3CCC(Oc4ccc([N+](=O)[O-])c(OC)c4)CC3)CC2)cc1. The Balaban J connectivity index is 0.00000380. The van der Waals surface area contributed by atoms with Gasteiger partial charge in [0, 0.05) is 82.9 Å². The normalized spacial score (nSPS) is 16.6. The quantitative estimate of drug-likeness (QED) is 0.368. The minimum absolute atomic E-state index is 0. The second-order valence-corrected chi connectivity index (χ2v) is 9.07. The summed E-state index contributed by atoms with van der Waals surface area (Å²) < 4.78 is 16.4. The largest absolute Gasteiger partial charge is 0.497 e. The van der Waals surface area contributed by atoms with Gasteiger partial charge in [-0.3, -0.25) is 19.8 Å². The standard InChI is InChI=1S/C26H34N4O6.CH4/c1-34-21-5-3-20(4-6-21)28-17-15-27(16-18-28)12-11-26(31)29-13-9-22(10-14-29)36-23-7-8-24(30(32)33)25(19-23)35-2;/h3-8,19,22H,9-18H2,1-2H3;1H4. The third kappa shape index (κ3) is 7.25. The van der Waals surface area contributed by atoms with Crippen LogP contribution < -0.4 is 19.1 Å². The van der Waals surface area contributed by atoms with Crippen LogP contribution in [-0.4, -0.2) is 86.8 Å². The summed E-state index contributed by atoms with van der Waals surface area (Å²) in [5, 5.41) is 11.1. The molecule has 10 heteroatoms. The summed E-state index contributed by atoms with van der Waals surface area (Å²) in [5.41, 5.74) is 1.11. The molecule has 2 fully saturated rings. The van der Waals surface area contributed by atoms with Crippen molar-refractivity contribution in [1.82, 2.24) is 9.80 Å². The Morgan fingerprint density at radius 2 is 1.59 bits per heavy atom. The number of likely N-dealkylation sites (tertiary alicyclic amines) is 1. The highest BCUT2D eigenvalue weighted by Gasteiger charge is 2.26. The first kappa shape index (κ1) is 28.0. The van der Waals surface area contributed by atoms with Gasteiger partial charge in [-0.1, -0.05) is 7.43 Å². The molecule has 2 aromatic carbocycles. The molecule has 0 aromatic heterocycles. The van der Waals surface area contributed by atoms with Crippen LogP contribution in [0.3, 0.4) is 0 Å². The van der Waals surface area contributed by atoms with Crippen molar-refractivity contribution < 1.29 is 23.9 Å². The van der Waals surface area contributed by atoms with E-state index in [1.54, 1.807) is 19.2 Å². The van der Waals surface area contributed by atoms with Crippen molar-refractivity contribution in [3.8, 4) is 17.2 Å². The van der Waals surface area contributed by atoms with Crippen LogP contribution in [-0.2, 0) is 4.79 Å². The molecule has 2 saturated heterocycles. The second kappa shape index (κ2) is 13.1. The van der Waals surface area contributed by atoms with Gasteiger partial charge in [0.05, 0.1) is 19.1 Å². The number of nitro benzene ring substituents is 1. The Morgan fingerprint density at radius 1 is 0.946 bits per heavy atom. The maximum Gasteiger partial charge on any atom is 0.311 e. The van der Waals surface area contributed by atoms with E-state index in [0.717, 1.165) is 51.3 Å². The third-order valence-corrected chi connectivity index (χ3v) is 6.90. The third-order valence-electron chi connectivity index (χ3n) is 6.90. The zero-order chi connectivity index (χ0) is 25.5. The molecule has 1 amide bonds. The van der Waals surface area contributed by atoms with Gasteiger partial charge >= 0.3 is 5.69 Å². The van der Waals surface area contributed by atoms with Crippen LogP contribution in [0.5, 0.6) is 17.2 Å². The molecule has 0 spiro atoms. The van der Waals surface area contributed by atoms with E-state index in [2.05, 4.69) is 21.9 Å². The van der Waals surface area contributed by atoms with E-state index in [0.29, 0.717) is 25.3 Å². The van der Waals surface area contributed by atoms with E-state index in [-0.39, 0.29) is 30.9 Å². The van der Waals surface area contributed by atoms with Gasteiger partial charge in [0.25, 0.3) is 0 Å². The maximum absolute atomic E-state index is 12.8. The number of amides is 1. The van der Waals surface area contributed by atoms with E-state index < -0.39 is 4.92 Å². The molecule has 2 aromatic rings. The van der Waals surface area contributed by atoms with Crippen LogP contribution in [0.1, 0.15) is 26.7 Å². The second-order valence-electron chi connectivity index (χ2n) is 9.07. The number of carbonyl (C=O) groups excluding carboxylic acids is 1. The molecule has 37 heavy (non-hydrogen) atoms. The molecule has 10 nitrogen and oxygen atoms in total. The van der Waals surface area contributed by atoms with Gasteiger partial charge in [0.15, 0.2) is 0 Å². The summed E-state index contributed by atoms with van der Waals surface area (Å²) in [6.07, 6.45) is 1.94. The molecule has 0 atom stereocenters. The topological polar surface area (TPSA) is 97.6 Å². The fourth-order valence-corrected chi connectivity index (χ4v) is 4.73. The smallest absolute Gasteiger partial charge is 0.311 e. The number of hydrogen-bond acceptors (Lipinski definition) is 8. The van der Waals surface area contributed by atoms with Crippen LogP contribution in [0.2, 0.25) is 0 Å². The Labute approximate surface area is 218 Å². The van der Waals surface area contributed by atoms with Crippen LogP contribution >= 0.6 is 0 Å². The lowest BCUT2D eigenvalue weighted by Crippen LogP contribution is -2.48. The van der Waals surface area contributed by atoms with Gasteiger partial charge in [-0.2, -0.15) is 0 Å². The number of benzene rings is 2. The number of anilines is 1. The zero-order valence-corrected chi connectivity index (χ0v) is 20.9. The van der Waals surface area contributed by atoms with E-state index in [4.69, 9.17) is 14.2 Å². The zero-order valence-electron chi connectivity index (χ0n) is 20.9. The maximum atomic E-state index is 12.8. The minimum Gasteiger partial charge on any atom is -0.497 e. The number of hydrogen-bond donors (Lipinski definition) is 0. The monoisotopic (exact) mass is 514 g/mol. The molecule has 2 heterocycles. The van der Waals surface area contributed by atoms with Gasteiger partial charge in [-0.05, 0) is 30.3 Å². The van der Waals surface area contributed by atoms with Crippen molar-refractivity contribution in [2.75, 3.05) is 64.9 Å². The lowest BCUT2D eigenvalue weighted by molar-refractivity contribution is -0.385. The molecule has 0 radical (unpaired) electrons. The van der Waals surface area contributed by atoms with Gasteiger partial charge in [-0.15, -0.1) is 0 Å². The van der Waals surface area contributed by atoms with E-state index in [1.165, 1.54) is 18.9 Å². The van der Waals surface area contributed by atoms with Crippen LogP contribution in [0.25, 0.3) is 0 Å². The highest BCUT2D eigenvalue weighted by atomic mass is 16.6. The molecule has 0 aliphatic carbocycles. The summed E-state index contributed by atoms with van der Waals surface area (Å²) in [5.74, 6) is 1.76. The minimum atomic E-state index is -0.479. The molecule has 0 saturated carbocycles. The van der Waals surface area contributed by atoms with Crippen LogP contribution in [0.15, 0.2) is 42.5 Å². The van der Waals surface area contributed by atoms with Crippen molar-refractivity contribution in [3.63, 3.8) is 0 Å².